The van der Waals surface area contributed by atoms with Crippen molar-refractivity contribution in [2.75, 3.05) is 10.5 Å². The zero-order valence-corrected chi connectivity index (χ0v) is 12.1. The molecule has 0 fully saturated rings. The topological polar surface area (TPSA) is 115 Å². The Morgan fingerprint density at radius 2 is 1.76 bits per heavy atom. The molecule has 0 saturated carbocycles. The van der Waals surface area contributed by atoms with Crippen molar-refractivity contribution in [1.82, 2.24) is 0 Å². The minimum Gasteiger partial charge on any atom is -0.398 e. The van der Waals surface area contributed by atoms with Crippen LogP contribution in [0.5, 0.6) is 0 Å². The van der Waals surface area contributed by atoms with Gasteiger partial charge in [0.2, 0.25) is 0 Å². The normalized spacial score (nSPS) is 11.1. The van der Waals surface area contributed by atoms with E-state index in [9.17, 15) is 13.2 Å². The SMILES string of the molecule is Cc1cccc(N)c1S(=O)(=O)Nc1ccccc1C(N)=O. The molecule has 0 aliphatic carbocycles. The highest BCUT2D eigenvalue weighted by molar-refractivity contribution is 7.93. The van der Waals surface area contributed by atoms with Crippen molar-refractivity contribution in [2.24, 2.45) is 5.73 Å². The summed E-state index contributed by atoms with van der Waals surface area (Å²) in [6.07, 6.45) is 0. The quantitative estimate of drug-likeness (QED) is 0.742. The smallest absolute Gasteiger partial charge is 0.264 e. The fourth-order valence-corrected chi connectivity index (χ4v) is 3.46. The van der Waals surface area contributed by atoms with E-state index < -0.39 is 15.9 Å². The van der Waals surface area contributed by atoms with Crippen molar-refractivity contribution < 1.29 is 13.2 Å². The summed E-state index contributed by atoms with van der Waals surface area (Å²) in [4.78, 5) is 11.3. The summed E-state index contributed by atoms with van der Waals surface area (Å²) in [6.45, 7) is 1.64. The van der Waals surface area contributed by atoms with Crippen LogP contribution in [0.15, 0.2) is 47.4 Å². The van der Waals surface area contributed by atoms with Crippen LogP contribution in [0, 0.1) is 6.92 Å². The Balaban J connectivity index is 2.51. The number of aryl methyl sites for hydroxylation is 1. The van der Waals surface area contributed by atoms with Crippen molar-refractivity contribution in [2.45, 2.75) is 11.8 Å². The molecule has 0 aliphatic heterocycles. The fourth-order valence-electron chi connectivity index (χ4n) is 2.03. The van der Waals surface area contributed by atoms with Crippen LogP contribution in [-0.4, -0.2) is 14.3 Å². The molecule has 110 valence electrons. The average molecular weight is 305 g/mol. The average Bonchev–Trinajstić information content (AvgIpc) is 2.37. The minimum atomic E-state index is -3.91. The molecule has 0 unspecified atom stereocenters. The lowest BCUT2D eigenvalue weighted by Gasteiger charge is -2.14. The van der Waals surface area contributed by atoms with Gasteiger partial charge < -0.3 is 11.5 Å². The number of nitrogen functional groups attached to an aromatic ring is 1. The Bertz CT molecular complexity index is 781. The van der Waals surface area contributed by atoms with Crippen LogP contribution in [0.2, 0.25) is 0 Å². The number of carbonyl (C=O) groups is 1. The van der Waals surface area contributed by atoms with E-state index in [1.807, 2.05) is 0 Å². The highest BCUT2D eigenvalue weighted by atomic mass is 32.2. The molecule has 1 amide bonds. The first-order valence-corrected chi connectivity index (χ1v) is 7.58. The lowest BCUT2D eigenvalue weighted by Crippen LogP contribution is -2.20. The second kappa shape index (κ2) is 5.45. The van der Waals surface area contributed by atoms with Crippen molar-refractivity contribution in [3.05, 3.63) is 53.6 Å². The number of hydrogen-bond acceptors (Lipinski definition) is 4. The largest absolute Gasteiger partial charge is 0.398 e. The maximum Gasteiger partial charge on any atom is 0.264 e. The van der Waals surface area contributed by atoms with E-state index in [0.717, 1.165) is 0 Å². The minimum absolute atomic E-state index is 0.00993. The Kier molecular flexibility index (Phi) is 3.86. The Morgan fingerprint density at radius 1 is 1.10 bits per heavy atom. The fraction of sp³-hybridized carbons (Fsp3) is 0.0714. The molecule has 0 spiro atoms. The van der Waals surface area contributed by atoms with Crippen LogP contribution >= 0.6 is 0 Å². The molecule has 21 heavy (non-hydrogen) atoms. The van der Waals surface area contributed by atoms with Crippen molar-refractivity contribution in [1.29, 1.82) is 0 Å². The third-order valence-corrected chi connectivity index (χ3v) is 4.53. The van der Waals surface area contributed by atoms with Crippen molar-refractivity contribution in [3.63, 3.8) is 0 Å². The molecule has 0 heterocycles. The standard InChI is InChI=1S/C14H15N3O3S/c1-9-5-4-7-11(15)13(9)21(19,20)17-12-8-3-2-6-10(12)14(16)18/h2-8,17H,15H2,1H3,(H2,16,18). The number of sulfonamides is 1. The maximum absolute atomic E-state index is 12.5. The number of nitrogens with one attached hydrogen (secondary N) is 1. The number of anilines is 2. The van der Waals surface area contributed by atoms with E-state index in [0.29, 0.717) is 5.56 Å². The van der Waals surface area contributed by atoms with Crippen LogP contribution in [0.1, 0.15) is 15.9 Å². The first-order chi connectivity index (χ1) is 9.83. The number of nitrogens with two attached hydrogens (primary N) is 2. The molecule has 7 heteroatoms. The molecular formula is C14H15N3O3S. The van der Waals surface area contributed by atoms with Crippen LogP contribution < -0.4 is 16.2 Å². The second-order valence-electron chi connectivity index (χ2n) is 4.51. The van der Waals surface area contributed by atoms with E-state index in [4.69, 9.17) is 11.5 Å². The number of para-hydroxylation sites is 1. The highest BCUT2D eigenvalue weighted by Crippen LogP contribution is 2.26. The molecule has 2 aromatic carbocycles. The van der Waals surface area contributed by atoms with Gasteiger partial charge in [0.25, 0.3) is 15.9 Å². The van der Waals surface area contributed by atoms with Crippen LogP contribution in [0.4, 0.5) is 11.4 Å². The lowest BCUT2D eigenvalue weighted by molar-refractivity contribution is 0.100. The van der Waals surface area contributed by atoms with E-state index in [1.54, 1.807) is 31.2 Å². The Hall–Kier alpha value is -2.54. The van der Waals surface area contributed by atoms with Gasteiger partial charge >= 0.3 is 0 Å². The zero-order chi connectivity index (χ0) is 15.6. The van der Waals surface area contributed by atoms with E-state index >= 15 is 0 Å². The van der Waals surface area contributed by atoms with E-state index in [-0.39, 0.29) is 21.8 Å². The Morgan fingerprint density at radius 3 is 2.38 bits per heavy atom. The summed E-state index contributed by atoms with van der Waals surface area (Å²) in [5.74, 6) is -0.717. The van der Waals surface area contributed by atoms with Crippen molar-refractivity contribution in [3.8, 4) is 0 Å². The molecule has 2 aromatic rings. The summed E-state index contributed by atoms with van der Waals surface area (Å²) in [7, 11) is -3.91. The Labute approximate surface area is 122 Å². The third-order valence-electron chi connectivity index (χ3n) is 2.95. The monoisotopic (exact) mass is 305 g/mol. The van der Waals surface area contributed by atoms with Crippen LogP contribution in [-0.2, 0) is 10.0 Å². The lowest BCUT2D eigenvalue weighted by atomic mass is 10.2. The van der Waals surface area contributed by atoms with Gasteiger partial charge in [-0.1, -0.05) is 24.3 Å². The summed E-state index contributed by atoms with van der Waals surface area (Å²) >= 11 is 0. The summed E-state index contributed by atoms with van der Waals surface area (Å²) in [5.41, 5.74) is 11.8. The molecule has 0 radical (unpaired) electrons. The number of carbonyl (C=O) groups excluding carboxylic acids is 1. The molecular weight excluding hydrogens is 290 g/mol. The van der Waals surface area contributed by atoms with Crippen LogP contribution in [0.25, 0.3) is 0 Å². The van der Waals surface area contributed by atoms with E-state index in [1.165, 1.54) is 18.2 Å². The van der Waals surface area contributed by atoms with Gasteiger partial charge in [-0.2, -0.15) is 0 Å². The summed E-state index contributed by atoms with van der Waals surface area (Å²) in [6, 6.07) is 10.9. The highest BCUT2D eigenvalue weighted by Gasteiger charge is 2.21. The summed E-state index contributed by atoms with van der Waals surface area (Å²) < 4.78 is 27.3. The van der Waals surface area contributed by atoms with Gasteiger partial charge in [0.05, 0.1) is 16.9 Å². The first kappa shape index (κ1) is 14.9. The van der Waals surface area contributed by atoms with Gasteiger partial charge in [0, 0.05) is 0 Å². The number of hydrogen-bond donors (Lipinski definition) is 3. The second-order valence-corrected chi connectivity index (χ2v) is 6.13. The van der Waals surface area contributed by atoms with Crippen molar-refractivity contribution >= 4 is 27.3 Å². The molecule has 0 atom stereocenters. The number of benzene rings is 2. The van der Waals surface area contributed by atoms with Gasteiger partial charge in [-0.15, -0.1) is 0 Å². The molecule has 6 nitrogen and oxygen atoms in total. The molecule has 2 rings (SSSR count). The predicted molar refractivity (Wildman–Crippen MR) is 81.4 cm³/mol. The molecule has 0 aliphatic rings. The molecule has 0 bridgehead atoms. The zero-order valence-electron chi connectivity index (χ0n) is 11.3. The number of amides is 1. The molecule has 0 saturated heterocycles. The summed E-state index contributed by atoms with van der Waals surface area (Å²) in [5, 5.41) is 0. The van der Waals surface area contributed by atoms with Crippen LogP contribution in [0.3, 0.4) is 0 Å². The molecule has 5 N–H and O–H groups in total. The van der Waals surface area contributed by atoms with Gasteiger partial charge in [-0.25, -0.2) is 8.42 Å². The third kappa shape index (κ3) is 2.97. The predicted octanol–water partition coefficient (Wildman–Crippen LogP) is 1.48. The van der Waals surface area contributed by atoms with Gasteiger partial charge in [-0.05, 0) is 30.7 Å². The first-order valence-electron chi connectivity index (χ1n) is 6.09. The maximum atomic E-state index is 12.5. The number of rotatable bonds is 4. The van der Waals surface area contributed by atoms with Gasteiger partial charge in [0.1, 0.15) is 4.90 Å². The van der Waals surface area contributed by atoms with Gasteiger partial charge in [-0.3, -0.25) is 9.52 Å². The van der Waals surface area contributed by atoms with E-state index in [2.05, 4.69) is 4.72 Å². The number of primary amides is 1. The molecule has 0 aromatic heterocycles. The van der Waals surface area contributed by atoms with Gasteiger partial charge in [0.15, 0.2) is 0 Å².